The first-order valence-electron chi connectivity index (χ1n) is 10.7. The molecule has 0 radical (unpaired) electrons. The minimum atomic E-state index is -0.429. The molecule has 4 rings (SSSR count). The van der Waals surface area contributed by atoms with Gasteiger partial charge < -0.3 is 10.6 Å². The van der Waals surface area contributed by atoms with E-state index < -0.39 is 5.25 Å². The molecule has 2 N–H and O–H groups in total. The van der Waals surface area contributed by atoms with E-state index in [1.165, 1.54) is 11.8 Å². The van der Waals surface area contributed by atoms with E-state index in [9.17, 15) is 9.59 Å². The number of hydrogen-bond acceptors (Lipinski definition) is 5. The van der Waals surface area contributed by atoms with Crippen LogP contribution in [0, 0.1) is 13.8 Å². The van der Waals surface area contributed by atoms with Crippen molar-refractivity contribution >= 4 is 29.3 Å². The number of para-hydroxylation sites is 2. The molecule has 1 saturated carbocycles. The van der Waals surface area contributed by atoms with E-state index in [1.54, 1.807) is 0 Å². The second-order valence-corrected chi connectivity index (χ2v) is 9.39. The second kappa shape index (κ2) is 9.56. The quantitative estimate of drug-likeness (QED) is 0.508. The lowest BCUT2D eigenvalue weighted by atomic mass is 10.1. The van der Waals surface area contributed by atoms with Crippen LogP contribution < -0.4 is 10.6 Å². The van der Waals surface area contributed by atoms with Crippen LogP contribution in [0.3, 0.4) is 0 Å². The molecule has 166 valence electrons. The number of rotatable bonds is 8. The lowest BCUT2D eigenvalue weighted by Crippen LogP contribution is -2.37. The maximum absolute atomic E-state index is 12.7. The van der Waals surface area contributed by atoms with Gasteiger partial charge in [0.05, 0.1) is 11.8 Å². The molecular weight excluding hydrogens is 422 g/mol. The van der Waals surface area contributed by atoms with Gasteiger partial charge in [0.15, 0.2) is 5.16 Å². The Balaban J connectivity index is 1.39. The monoisotopic (exact) mass is 449 g/mol. The summed E-state index contributed by atoms with van der Waals surface area (Å²) in [6, 6.07) is 15.8. The highest BCUT2D eigenvalue weighted by Crippen LogP contribution is 2.41. The maximum atomic E-state index is 12.7. The van der Waals surface area contributed by atoms with Crippen LogP contribution in [-0.4, -0.2) is 38.4 Å². The summed E-state index contributed by atoms with van der Waals surface area (Å²) >= 11 is 1.35. The third-order valence-corrected chi connectivity index (χ3v) is 6.48. The summed E-state index contributed by atoms with van der Waals surface area (Å²) < 4.78 is 2.04. The van der Waals surface area contributed by atoms with Crippen LogP contribution >= 0.6 is 11.8 Å². The van der Waals surface area contributed by atoms with Gasteiger partial charge in [0, 0.05) is 17.3 Å². The predicted molar refractivity (Wildman–Crippen MR) is 126 cm³/mol. The number of amides is 2. The molecule has 1 unspecified atom stereocenters. The van der Waals surface area contributed by atoms with Crippen molar-refractivity contribution in [2.24, 2.45) is 0 Å². The Bertz CT molecular complexity index is 1100. The zero-order valence-corrected chi connectivity index (χ0v) is 19.3. The van der Waals surface area contributed by atoms with Gasteiger partial charge in [-0.25, -0.2) is 0 Å². The smallest absolute Gasteiger partial charge is 0.243 e. The largest absolute Gasteiger partial charge is 0.346 e. The number of nitrogens with one attached hydrogen (secondary N) is 2. The highest BCUT2D eigenvalue weighted by atomic mass is 32.2. The van der Waals surface area contributed by atoms with E-state index in [4.69, 9.17) is 0 Å². The first-order chi connectivity index (χ1) is 15.4. The van der Waals surface area contributed by atoms with Gasteiger partial charge in [0.2, 0.25) is 11.8 Å². The molecule has 1 atom stereocenters. The Morgan fingerprint density at radius 1 is 1.06 bits per heavy atom. The van der Waals surface area contributed by atoms with Gasteiger partial charge in [0.25, 0.3) is 0 Å². The number of nitrogens with zero attached hydrogens (tertiary/aromatic N) is 3. The average Bonchev–Trinajstić information content (AvgIpc) is 3.55. The molecule has 1 heterocycles. The third kappa shape index (κ3) is 5.02. The van der Waals surface area contributed by atoms with Crippen molar-refractivity contribution in [2.75, 3.05) is 11.9 Å². The molecule has 1 aliphatic rings. The SMILES string of the molecule is Cc1cccc(C)c1NC(=O)CNC(=O)C(C)Sc1nnc(C2CC2)n1-c1ccccc1. The maximum Gasteiger partial charge on any atom is 0.243 e. The lowest BCUT2D eigenvalue weighted by Gasteiger charge is -2.15. The van der Waals surface area contributed by atoms with Crippen LogP contribution in [0.4, 0.5) is 5.69 Å². The van der Waals surface area contributed by atoms with Gasteiger partial charge in [-0.3, -0.25) is 14.2 Å². The van der Waals surface area contributed by atoms with E-state index in [0.717, 1.165) is 41.2 Å². The standard InChI is InChI=1S/C24H27N5O2S/c1-15-8-7-9-16(2)21(15)26-20(30)14-25-23(31)17(3)32-24-28-27-22(18-12-13-18)29(24)19-10-5-4-6-11-19/h4-11,17-18H,12-14H2,1-3H3,(H,25,31)(H,26,30). The van der Waals surface area contributed by atoms with Gasteiger partial charge in [-0.1, -0.05) is 48.2 Å². The van der Waals surface area contributed by atoms with Crippen LogP contribution in [0.5, 0.6) is 0 Å². The highest BCUT2D eigenvalue weighted by molar-refractivity contribution is 8.00. The summed E-state index contributed by atoms with van der Waals surface area (Å²) in [4.78, 5) is 25.0. The Morgan fingerprint density at radius 3 is 2.41 bits per heavy atom. The molecule has 0 spiro atoms. The first kappa shape index (κ1) is 22.1. The van der Waals surface area contributed by atoms with Crippen LogP contribution in [0.25, 0.3) is 5.69 Å². The summed E-state index contributed by atoms with van der Waals surface area (Å²) in [7, 11) is 0. The van der Waals surface area contributed by atoms with Crippen molar-refractivity contribution in [3.05, 3.63) is 65.5 Å². The minimum Gasteiger partial charge on any atom is -0.346 e. The number of hydrogen-bond donors (Lipinski definition) is 2. The average molecular weight is 450 g/mol. The van der Waals surface area contributed by atoms with Crippen LogP contribution in [-0.2, 0) is 9.59 Å². The van der Waals surface area contributed by atoms with E-state index in [0.29, 0.717) is 11.1 Å². The number of thioether (sulfide) groups is 1. The molecule has 0 saturated heterocycles. The normalized spacial score (nSPS) is 14.1. The Kier molecular flexibility index (Phi) is 6.60. The molecule has 1 aliphatic carbocycles. The minimum absolute atomic E-state index is 0.0871. The number of benzene rings is 2. The third-order valence-electron chi connectivity index (χ3n) is 5.44. The highest BCUT2D eigenvalue weighted by Gasteiger charge is 2.31. The van der Waals surface area contributed by atoms with E-state index in [-0.39, 0.29) is 18.4 Å². The summed E-state index contributed by atoms with van der Waals surface area (Å²) in [6.45, 7) is 5.61. The zero-order valence-electron chi connectivity index (χ0n) is 18.5. The van der Waals surface area contributed by atoms with E-state index in [1.807, 2.05) is 73.9 Å². The number of aryl methyl sites for hydroxylation is 2. The fraction of sp³-hybridized carbons (Fsp3) is 0.333. The van der Waals surface area contributed by atoms with Crippen molar-refractivity contribution in [3.8, 4) is 5.69 Å². The first-order valence-corrected chi connectivity index (χ1v) is 11.6. The van der Waals surface area contributed by atoms with Crippen molar-refractivity contribution < 1.29 is 9.59 Å². The van der Waals surface area contributed by atoms with Crippen molar-refractivity contribution in [2.45, 2.75) is 49.9 Å². The predicted octanol–water partition coefficient (Wildman–Crippen LogP) is 4.00. The molecule has 2 amide bonds. The molecule has 7 nitrogen and oxygen atoms in total. The Labute approximate surface area is 192 Å². The Hall–Kier alpha value is -3.13. The van der Waals surface area contributed by atoms with Gasteiger partial charge in [-0.2, -0.15) is 0 Å². The molecule has 1 fully saturated rings. The fourth-order valence-electron chi connectivity index (χ4n) is 3.50. The topological polar surface area (TPSA) is 88.9 Å². The molecular formula is C24H27N5O2S. The molecule has 8 heteroatoms. The summed E-state index contributed by atoms with van der Waals surface area (Å²) in [5, 5.41) is 14.6. The summed E-state index contributed by atoms with van der Waals surface area (Å²) in [5.41, 5.74) is 3.75. The fourth-order valence-corrected chi connectivity index (χ4v) is 4.40. The van der Waals surface area contributed by atoms with Gasteiger partial charge in [0.1, 0.15) is 5.82 Å². The van der Waals surface area contributed by atoms with E-state index >= 15 is 0 Å². The van der Waals surface area contributed by atoms with Crippen molar-refractivity contribution in [1.29, 1.82) is 0 Å². The summed E-state index contributed by atoms with van der Waals surface area (Å²) in [6.07, 6.45) is 2.22. The molecule has 32 heavy (non-hydrogen) atoms. The second-order valence-electron chi connectivity index (χ2n) is 8.08. The summed E-state index contributed by atoms with van der Waals surface area (Å²) in [5.74, 6) is 0.896. The van der Waals surface area contributed by atoms with Gasteiger partial charge in [-0.15, -0.1) is 10.2 Å². The van der Waals surface area contributed by atoms with Gasteiger partial charge in [-0.05, 0) is 56.9 Å². The molecule has 0 aliphatic heterocycles. The van der Waals surface area contributed by atoms with E-state index in [2.05, 4.69) is 20.8 Å². The molecule has 3 aromatic rings. The molecule has 1 aromatic heterocycles. The zero-order chi connectivity index (χ0) is 22.7. The molecule has 0 bridgehead atoms. The van der Waals surface area contributed by atoms with Crippen molar-refractivity contribution in [1.82, 2.24) is 20.1 Å². The Morgan fingerprint density at radius 2 is 1.75 bits per heavy atom. The molecule has 2 aromatic carbocycles. The number of aromatic nitrogens is 3. The number of carbonyl (C=O) groups excluding carboxylic acids is 2. The van der Waals surface area contributed by atoms with Crippen LogP contribution in [0.1, 0.15) is 42.6 Å². The van der Waals surface area contributed by atoms with Crippen LogP contribution in [0.15, 0.2) is 53.7 Å². The van der Waals surface area contributed by atoms with Crippen LogP contribution in [0.2, 0.25) is 0 Å². The lowest BCUT2D eigenvalue weighted by molar-refractivity contribution is -0.123. The number of carbonyl (C=O) groups is 2. The van der Waals surface area contributed by atoms with Crippen molar-refractivity contribution in [3.63, 3.8) is 0 Å². The van der Waals surface area contributed by atoms with Gasteiger partial charge >= 0.3 is 0 Å². The number of anilines is 1.